The number of piperidine rings is 1. The summed E-state index contributed by atoms with van der Waals surface area (Å²) >= 11 is 0. The zero-order chi connectivity index (χ0) is 20.4. The third-order valence-electron chi connectivity index (χ3n) is 6.14. The molecule has 3 heterocycles. The number of rotatable bonds is 3. The normalized spacial score (nSPS) is 17.6. The van der Waals surface area contributed by atoms with Gasteiger partial charge in [0.1, 0.15) is 17.5 Å². The summed E-state index contributed by atoms with van der Waals surface area (Å²) in [6, 6.07) is 8.10. The van der Waals surface area contributed by atoms with Crippen molar-refractivity contribution in [2.75, 3.05) is 49.1 Å². The minimum absolute atomic E-state index is 0.126. The molecule has 2 fully saturated rings. The van der Waals surface area contributed by atoms with E-state index in [9.17, 15) is 4.79 Å². The monoisotopic (exact) mass is 393 g/mol. The number of carbonyl (C=O) groups excluding carboxylic acids is 1. The van der Waals surface area contributed by atoms with Crippen LogP contribution in [0.1, 0.15) is 46.6 Å². The molecule has 0 saturated carbocycles. The van der Waals surface area contributed by atoms with Gasteiger partial charge in [-0.25, -0.2) is 9.97 Å². The number of anilines is 2. The average Bonchev–Trinajstić information content (AvgIpc) is 2.75. The molecule has 2 aliphatic heterocycles. The fraction of sp³-hybridized carbons (Fsp3) is 0.522. The molecular weight excluding hydrogens is 362 g/mol. The maximum atomic E-state index is 12.9. The number of amides is 1. The van der Waals surface area contributed by atoms with Gasteiger partial charge in [-0.05, 0) is 63.3 Å². The molecular formula is C23H31N5O. The van der Waals surface area contributed by atoms with Crippen LogP contribution >= 0.6 is 0 Å². The Morgan fingerprint density at radius 2 is 1.38 bits per heavy atom. The molecule has 0 aliphatic carbocycles. The number of piperazine rings is 1. The lowest BCUT2D eigenvalue weighted by molar-refractivity contribution is 0.0746. The zero-order valence-corrected chi connectivity index (χ0v) is 17.8. The van der Waals surface area contributed by atoms with Crippen molar-refractivity contribution < 1.29 is 4.79 Å². The van der Waals surface area contributed by atoms with Crippen molar-refractivity contribution in [2.24, 2.45) is 0 Å². The summed E-state index contributed by atoms with van der Waals surface area (Å²) in [4.78, 5) is 28.9. The van der Waals surface area contributed by atoms with Crippen LogP contribution in [0.5, 0.6) is 0 Å². The Morgan fingerprint density at radius 3 is 2.00 bits per heavy atom. The molecule has 1 aromatic heterocycles. The molecule has 0 unspecified atom stereocenters. The number of aromatic nitrogens is 2. The number of nitrogens with zero attached hydrogens (tertiary/aromatic N) is 5. The standard InChI is InChI=1S/C23H31N5O/c1-17-7-8-20(15-18(17)2)23(29)28-13-11-27(12-14-28)22-16-21(24-19(3)25-22)26-9-5-4-6-10-26/h7-8,15-16H,4-6,9-14H2,1-3H3. The summed E-state index contributed by atoms with van der Waals surface area (Å²) in [6.45, 7) is 11.3. The van der Waals surface area contributed by atoms with Crippen LogP contribution in [-0.2, 0) is 0 Å². The highest BCUT2D eigenvalue weighted by atomic mass is 16.2. The van der Waals surface area contributed by atoms with Crippen molar-refractivity contribution in [3.05, 3.63) is 46.8 Å². The summed E-state index contributed by atoms with van der Waals surface area (Å²) < 4.78 is 0. The summed E-state index contributed by atoms with van der Waals surface area (Å²) in [7, 11) is 0. The lowest BCUT2D eigenvalue weighted by atomic mass is 10.1. The van der Waals surface area contributed by atoms with Gasteiger partial charge in [0, 0.05) is 50.9 Å². The van der Waals surface area contributed by atoms with Gasteiger partial charge >= 0.3 is 0 Å². The number of hydrogen-bond donors (Lipinski definition) is 0. The van der Waals surface area contributed by atoms with E-state index < -0.39 is 0 Å². The maximum absolute atomic E-state index is 12.9. The molecule has 0 spiro atoms. The first-order valence-corrected chi connectivity index (χ1v) is 10.7. The highest BCUT2D eigenvalue weighted by molar-refractivity contribution is 5.94. The molecule has 1 amide bonds. The van der Waals surface area contributed by atoms with Gasteiger partial charge in [-0.1, -0.05) is 6.07 Å². The Kier molecular flexibility index (Phi) is 5.69. The number of hydrogen-bond acceptors (Lipinski definition) is 5. The van der Waals surface area contributed by atoms with Gasteiger partial charge in [0.25, 0.3) is 5.91 Å². The Hall–Kier alpha value is -2.63. The van der Waals surface area contributed by atoms with E-state index in [4.69, 9.17) is 0 Å². The molecule has 0 atom stereocenters. The third kappa shape index (κ3) is 4.36. The second kappa shape index (κ2) is 8.39. The first-order chi connectivity index (χ1) is 14.0. The number of carbonyl (C=O) groups is 1. The molecule has 2 aliphatic rings. The molecule has 154 valence electrons. The molecule has 2 saturated heterocycles. The lowest BCUT2D eigenvalue weighted by Crippen LogP contribution is -2.49. The van der Waals surface area contributed by atoms with E-state index in [0.29, 0.717) is 13.1 Å². The van der Waals surface area contributed by atoms with E-state index in [2.05, 4.69) is 39.7 Å². The van der Waals surface area contributed by atoms with Crippen LogP contribution in [0.3, 0.4) is 0 Å². The summed E-state index contributed by atoms with van der Waals surface area (Å²) in [5, 5.41) is 0. The molecule has 6 nitrogen and oxygen atoms in total. The van der Waals surface area contributed by atoms with Crippen LogP contribution in [0.4, 0.5) is 11.6 Å². The molecule has 0 bridgehead atoms. The van der Waals surface area contributed by atoms with Gasteiger partial charge in [0.15, 0.2) is 0 Å². The predicted molar refractivity (Wildman–Crippen MR) is 117 cm³/mol. The second-order valence-electron chi connectivity index (χ2n) is 8.26. The topological polar surface area (TPSA) is 52.6 Å². The Balaban J connectivity index is 1.43. The van der Waals surface area contributed by atoms with E-state index >= 15 is 0 Å². The zero-order valence-electron chi connectivity index (χ0n) is 17.8. The summed E-state index contributed by atoms with van der Waals surface area (Å²) in [6.07, 6.45) is 3.78. The van der Waals surface area contributed by atoms with E-state index in [1.165, 1.54) is 24.8 Å². The van der Waals surface area contributed by atoms with Crippen LogP contribution in [0.2, 0.25) is 0 Å². The van der Waals surface area contributed by atoms with Crippen molar-refractivity contribution >= 4 is 17.5 Å². The Morgan fingerprint density at radius 1 is 0.759 bits per heavy atom. The largest absolute Gasteiger partial charge is 0.356 e. The van der Waals surface area contributed by atoms with Crippen molar-refractivity contribution in [1.82, 2.24) is 14.9 Å². The quantitative estimate of drug-likeness (QED) is 0.800. The van der Waals surface area contributed by atoms with E-state index in [0.717, 1.165) is 54.8 Å². The summed E-state index contributed by atoms with van der Waals surface area (Å²) in [5.74, 6) is 2.97. The predicted octanol–water partition coefficient (Wildman–Crippen LogP) is 3.35. The molecule has 2 aromatic rings. The fourth-order valence-electron chi connectivity index (χ4n) is 4.18. The first-order valence-electron chi connectivity index (χ1n) is 10.7. The molecule has 0 radical (unpaired) electrons. The molecule has 0 N–H and O–H groups in total. The Labute approximate surface area is 173 Å². The van der Waals surface area contributed by atoms with Gasteiger partial charge in [-0.15, -0.1) is 0 Å². The van der Waals surface area contributed by atoms with Crippen molar-refractivity contribution in [1.29, 1.82) is 0 Å². The van der Waals surface area contributed by atoms with E-state index in [1.807, 2.05) is 30.0 Å². The van der Waals surface area contributed by atoms with Gasteiger partial charge in [0.05, 0.1) is 0 Å². The van der Waals surface area contributed by atoms with Crippen LogP contribution in [0, 0.1) is 20.8 Å². The smallest absolute Gasteiger partial charge is 0.253 e. The highest BCUT2D eigenvalue weighted by Crippen LogP contribution is 2.23. The minimum atomic E-state index is 0.126. The first kappa shape index (κ1) is 19.7. The molecule has 1 aromatic carbocycles. The van der Waals surface area contributed by atoms with Crippen molar-refractivity contribution in [3.8, 4) is 0 Å². The fourth-order valence-corrected chi connectivity index (χ4v) is 4.18. The average molecular weight is 394 g/mol. The van der Waals surface area contributed by atoms with Crippen molar-refractivity contribution in [3.63, 3.8) is 0 Å². The van der Waals surface area contributed by atoms with E-state index in [1.54, 1.807) is 0 Å². The molecule has 29 heavy (non-hydrogen) atoms. The van der Waals surface area contributed by atoms with Crippen LogP contribution in [0.25, 0.3) is 0 Å². The summed E-state index contributed by atoms with van der Waals surface area (Å²) in [5.41, 5.74) is 3.16. The van der Waals surface area contributed by atoms with Gasteiger partial charge in [-0.3, -0.25) is 4.79 Å². The number of aryl methyl sites for hydroxylation is 3. The third-order valence-corrected chi connectivity index (χ3v) is 6.14. The molecule has 4 rings (SSSR count). The number of benzene rings is 1. The lowest BCUT2D eigenvalue weighted by Gasteiger charge is -2.36. The van der Waals surface area contributed by atoms with E-state index in [-0.39, 0.29) is 5.91 Å². The molecule has 6 heteroatoms. The van der Waals surface area contributed by atoms with Crippen LogP contribution in [0.15, 0.2) is 24.3 Å². The second-order valence-corrected chi connectivity index (χ2v) is 8.26. The van der Waals surface area contributed by atoms with Crippen LogP contribution in [-0.4, -0.2) is 60.0 Å². The maximum Gasteiger partial charge on any atom is 0.253 e. The van der Waals surface area contributed by atoms with Crippen LogP contribution < -0.4 is 9.80 Å². The van der Waals surface area contributed by atoms with Gasteiger partial charge in [-0.2, -0.15) is 0 Å². The van der Waals surface area contributed by atoms with Crippen molar-refractivity contribution in [2.45, 2.75) is 40.0 Å². The van der Waals surface area contributed by atoms with Gasteiger partial charge in [0.2, 0.25) is 0 Å². The SMILES string of the molecule is Cc1nc(N2CCCCC2)cc(N2CCN(C(=O)c3ccc(C)c(C)c3)CC2)n1. The Bertz CT molecular complexity index is 883. The highest BCUT2D eigenvalue weighted by Gasteiger charge is 2.24. The minimum Gasteiger partial charge on any atom is -0.356 e. The van der Waals surface area contributed by atoms with Gasteiger partial charge < -0.3 is 14.7 Å².